The van der Waals surface area contributed by atoms with Crippen molar-refractivity contribution in [2.75, 3.05) is 16.8 Å². The summed E-state index contributed by atoms with van der Waals surface area (Å²) in [5.41, 5.74) is 6.48. The molecule has 6 nitrogen and oxygen atoms in total. The Bertz CT molecular complexity index is 624. The van der Waals surface area contributed by atoms with Gasteiger partial charge < -0.3 is 10.2 Å². The molecular weight excluding hydrogens is 276 g/mol. The molecule has 1 aromatic carbocycles. The van der Waals surface area contributed by atoms with Gasteiger partial charge in [-0.1, -0.05) is 17.2 Å². The van der Waals surface area contributed by atoms with Crippen LogP contribution in [0.4, 0.5) is 11.7 Å². The molecule has 3 rings (SSSR count). The molecule has 1 aliphatic carbocycles. The molecule has 0 bridgehead atoms. The maximum Gasteiger partial charge on any atom is 0.322 e. The van der Waals surface area contributed by atoms with Crippen LogP contribution in [0.2, 0.25) is 0 Å². The highest BCUT2D eigenvalue weighted by molar-refractivity contribution is 8.00. The summed E-state index contributed by atoms with van der Waals surface area (Å²) >= 11 is 1.37. The van der Waals surface area contributed by atoms with Gasteiger partial charge in [0.15, 0.2) is 0 Å². The number of rotatable bonds is 5. The Morgan fingerprint density at radius 2 is 2.20 bits per heavy atom. The standard InChI is InChI=1S/C13H14N4O2S/c14-9-3-1-2-4-10(9)20-7-11(18)15-13-17-16-12(19-13)8-5-6-8/h1-4,8H,5-7,14H2,(H,15,17,18). The van der Waals surface area contributed by atoms with Gasteiger partial charge in [-0.25, -0.2) is 0 Å². The van der Waals surface area contributed by atoms with Crippen molar-refractivity contribution >= 4 is 29.4 Å². The van der Waals surface area contributed by atoms with Crippen LogP contribution in [0, 0.1) is 0 Å². The van der Waals surface area contributed by atoms with Crippen LogP contribution in [0.25, 0.3) is 0 Å². The minimum atomic E-state index is -0.191. The van der Waals surface area contributed by atoms with Crippen molar-refractivity contribution < 1.29 is 9.21 Å². The Balaban J connectivity index is 1.52. The fourth-order valence-corrected chi connectivity index (χ4v) is 2.46. The number of nitrogen functional groups attached to an aromatic ring is 1. The zero-order chi connectivity index (χ0) is 13.9. The summed E-state index contributed by atoms with van der Waals surface area (Å²) in [5, 5.41) is 10.3. The van der Waals surface area contributed by atoms with Crippen molar-refractivity contribution in [3.63, 3.8) is 0 Å². The van der Waals surface area contributed by atoms with Crippen LogP contribution in [-0.2, 0) is 4.79 Å². The predicted molar refractivity (Wildman–Crippen MR) is 76.5 cm³/mol. The quantitative estimate of drug-likeness (QED) is 0.648. The van der Waals surface area contributed by atoms with Gasteiger partial charge in [-0.2, -0.15) is 0 Å². The second-order valence-electron chi connectivity index (χ2n) is 4.59. The van der Waals surface area contributed by atoms with Gasteiger partial charge in [0.2, 0.25) is 11.8 Å². The molecule has 0 saturated heterocycles. The number of carbonyl (C=O) groups is 1. The van der Waals surface area contributed by atoms with Gasteiger partial charge in [0, 0.05) is 16.5 Å². The van der Waals surface area contributed by atoms with Crippen LogP contribution in [0.1, 0.15) is 24.7 Å². The van der Waals surface area contributed by atoms with Crippen molar-refractivity contribution in [3.05, 3.63) is 30.2 Å². The molecule has 3 N–H and O–H groups in total. The van der Waals surface area contributed by atoms with Gasteiger partial charge in [-0.3, -0.25) is 10.1 Å². The van der Waals surface area contributed by atoms with Gasteiger partial charge in [0.05, 0.1) is 5.75 Å². The zero-order valence-corrected chi connectivity index (χ0v) is 11.5. The number of nitrogens with one attached hydrogen (secondary N) is 1. The molecule has 1 fully saturated rings. The van der Waals surface area contributed by atoms with E-state index in [4.69, 9.17) is 10.2 Å². The molecule has 2 aromatic rings. The number of anilines is 2. The lowest BCUT2D eigenvalue weighted by Gasteiger charge is -2.04. The maximum absolute atomic E-state index is 11.8. The maximum atomic E-state index is 11.8. The van der Waals surface area contributed by atoms with Crippen molar-refractivity contribution in [2.45, 2.75) is 23.7 Å². The summed E-state index contributed by atoms with van der Waals surface area (Å²) in [6.45, 7) is 0. The van der Waals surface area contributed by atoms with E-state index in [1.807, 2.05) is 18.2 Å². The second kappa shape index (κ2) is 5.54. The smallest absolute Gasteiger partial charge is 0.322 e. The third kappa shape index (κ3) is 3.11. The first kappa shape index (κ1) is 13.0. The van der Waals surface area contributed by atoms with E-state index in [0.29, 0.717) is 17.5 Å². The van der Waals surface area contributed by atoms with E-state index >= 15 is 0 Å². The van der Waals surface area contributed by atoms with Crippen LogP contribution in [0.3, 0.4) is 0 Å². The Hall–Kier alpha value is -2.02. The Morgan fingerprint density at radius 3 is 2.95 bits per heavy atom. The molecule has 104 valence electrons. The van der Waals surface area contributed by atoms with E-state index in [2.05, 4.69) is 15.5 Å². The minimum absolute atomic E-state index is 0.165. The largest absolute Gasteiger partial charge is 0.408 e. The van der Waals surface area contributed by atoms with E-state index in [0.717, 1.165) is 17.7 Å². The number of nitrogens with two attached hydrogens (primary N) is 1. The minimum Gasteiger partial charge on any atom is -0.408 e. The van der Waals surface area contributed by atoms with Gasteiger partial charge in [-0.15, -0.1) is 16.9 Å². The number of thioether (sulfide) groups is 1. The molecule has 7 heteroatoms. The SMILES string of the molecule is Nc1ccccc1SCC(=O)Nc1nnc(C2CC2)o1. The lowest BCUT2D eigenvalue weighted by molar-refractivity contribution is -0.113. The first-order valence-electron chi connectivity index (χ1n) is 6.33. The molecule has 1 aromatic heterocycles. The summed E-state index contributed by atoms with van der Waals surface area (Å²) in [4.78, 5) is 12.7. The number of amides is 1. The number of nitrogens with zero attached hydrogens (tertiary/aromatic N) is 2. The number of para-hydroxylation sites is 1. The van der Waals surface area contributed by atoms with E-state index in [9.17, 15) is 4.79 Å². The summed E-state index contributed by atoms with van der Waals surface area (Å²) in [6.07, 6.45) is 2.16. The molecule has 0 radical (unpaired) electrons. The summed E-state index contributed by atoms with van der Waals surface area (Å²) < 4.78 is 5.37. The molecule has 1 heterocycles. The molecule has 1 aliphatic rings. The lowest BCUT2D eigenvalue weighted by atomic mass is 10.3. The predicted octanol–water partition coefficient (Wildman–Crippen LogP) is 2.26. The van der Waals surface area contributed by atoms with Crippen molar-refractivity contribution in [3.8, 4) is 0 Å². The number of hydrogen-bond donors (Lipinski definition) is 2. The van der Waals surface area contributed by atoms with Gasteiger partial charge in [-0.05, 0) is 25.0 Å². The van der Waals surface area contributed by atoms with Gasteiger partial charge in [0.25, 0.3) is 0 Å². The summed E-state index contributed by atoms with van der Waals surface area (Å²) in [6, 6.07) is 7.60. The Labute approximate surface area is 120 Å². The van der Waals surface area contributed by atoms with E-state index in [-0.39, 0.29) is 17.7 Å². The van der Waals surface area contributed by atoms with Gasteiger partial charge in [0.1, 0.15) is 0 Å². The summed E-state index contributed by atoms with van der Waals surface area (Å²) in [5.74, 6) is 1.05. The molecule has 0 spiro atoms. The average molecular weight is 290 g/mol. The van der Waals surface area contributed by atoms with Gasteiger partial charge >= 0.3 is 6.01 Å². The molecule has 0 unspecified atom stereocenters. The van der Waals surface area contributed by atoms with Crippen LogP contribution in [0.5, 0.6) is 0 Å². The first-order valence-corrected chi connectivity index (χ1v) is 7.31. The fourth-order valence-electron chi connectivity index (χ4n) is 1.69. The van der Waals surface area contributed by atoms with Crippen LogP contribution in [0.15, 0.2) is 33.6 Å². The Morgan fingerprint density at radius 1 is 1.40 bits per heavy atom. The van der Waals surface area contributed by atoms with E-state index < -0.39 is 0 Å². The van der Waals surface area contributed by atoms with E-state index in [1.165, 1.54) is 11.8 Å². The number of benzene rings is 1. The topological polar surface area (TPSA) is 94.0 Å². The van der Waals surface area contributed by atoms with Crippen molar-refractivity contribution in [2.24, 2.45) is 0 Å². The van der Waals surface area contributed by atoms with Crippen LogP contribution < -0.4 is 11.1 Å². The average Bonchev–Trinajstić information content (AvgIpc) is 3.19. The van der Waals surface area contributed by atoms with E-state index in [1.54, 1.807) is 6.07 Å². The second-order valence-corrected chi connectivity index (χ2v) is 5.61. The Kier molecular flexibility index (Phi) is 3.60. The number of hydrogen-bond acceptors (Lipinski definition) is 6. The van der Waals surface area contributed by atoms with Crippen molar-refractivity contribution in [1.82, 2.24) is 10.2 Å². The number of carbonyl (C=O) groups excluding carboxylic acids is 1. The molecule has 1 saturated carbocycles. The lowest BCUT2D eigenvalue weighted by Crippen LogP contribution is -2.14. The highest BCUT2D eigenvalue weighted by atomic mass is 32.2. The molecular formula is C13H14N4O2S. The molecule has 0 atom stereocenters. The molecule has 0 aliphatic heterocycles. The third-order valence-corrected chi connectivity index (χ3v) is 3.98. The first-order chi connectivity index (χ1) is 9.72. The van der Waals surface area contributed by atoms with Crippen LogP contribution >= 0.6 is 11.8 Å². The van der Waals surface area contributed by atoms with Crippen LogP contribution in [-0.4, -0.2) is 21.9 Å². The molecule has 20 heavy (non-hydrogen) atoms. The monoisotopic (exact) mass is 290 g/mol. The fraction of sp³-hybridized carbons (Fsp3) is 0.308. The highest BCUT2D eigenvalue weighted by Gasteiger charge is 2.29. The third-order valence-electron chi connectivity index (χ3n) is 2.89. The zero-order valence-electron chi connectivity index (χ0n) is 10.7. The highest BCUT2D eigenvalue weighted by Crippen LogP contribution is 2.39. The summed E-state index contributed by atoms with van der Waals surface area (Å²) in [7, 11) is 0. The number of aromatic nitrogens is 2. The normalized spacial score (nSPS) is 14.2. The van der Waals surface area contributed by atoms with Crippen molar-refractivity contribution in [1.29, 1.82) is 0 Å². The molecule has 1 amide bonds.